The Hall–Kier alpha value is -1.75. The van der Waals surface area contributed by atoms with E-state index in [4.69, 9.17) is 4.74 Å². The Balaban J connectivity index is 1.96. The maximum absolute atomic E-state index is 11.7. The molecule has 0 saturated carbocycles. The van der Waals surface area contributed by atoms with Gasteiger partial charge in [0.05, 0.1) is 5.69 Å². The molecular formula is C16H24N2O3. The second kappa shape index (κ2) is 6.35. The number of phenolic OH excluding ortho intramolecular Hbond substituents is 1. The van der Waals surface area contributed by atoms with Crippen molar-refractivity contribution in [2.24, 2.45) is 5.92 Å². The fourth-order valence-corrected chi connectivity index (χ4v) is 2.45. The fourth-order valence-electron chi connectivity index (χ4n) is 2.45. The number of ether oxygens (including phenoxy) is 1. The monoisotopic (exact) mass is 292 g/mol. The number of phenols is 1. The van der Waals surface area contributed by atoms with E-state index < -0.39 is 11.7 Å². The highest BCUT2D eigenvalue weighted by Crippen LogP contribution is 2.27. The number of carbonyl (C=O) groups is 1. The van der Waals surface area contributed by atoms with Crippen LogP contribution in [0.5, 0.6) is 5.75 Å². The summed E-state index contributed by atoms with van der Waals surface area (Å²) >= 11 is 0. The summed E-state index contributed by atoms with van der Waals surface area (Å²) in [6, 6.07) is 5.37. The SMILES string of the molecule is CC(C)(C)OC(=O)Nc1ccc(CC2CCNC2)cc1O. The number of hydrogen-bond donors (Lipinski definition) is 3. The standard InChI is InChI=1S/C16H24N2O3/c1-16(2,3)21-15(20)18-13-5-4-11(9-14(13)19)8-12-6-7-17-10-12/h4-5,9,12,17,19H,6-8,10H2,1-3H3,(H,18,20). The lowest BCUT2D eigenvalue weighted by Gasteiger charge is -2.20. The maximum atomic E-state index is 11.7. The van der Waals surface area contributed by atoms with Crippen LogP contribution in [0, 0.1) is 5.92 Å². The Labute approximate surface area is 125 Å². The molecule has 1 unspecified atom stereocenters. The molecule has 1 aliphatic heterocycles. The predicted molar refractivity (Wildman–Crippen MR) is 82.6 cm³/mol. The Kier molecular flexibility index (Phi) is 4.73. The number of aromatic hydroxyl groups is 1. The molecule has 1 fully saturated rings. The fraction of sp³-hybridized carbons (Fsp3) is 0.562. The molecule has 1 amide bonds. The molecule has 3 N–H and O–H groups in total. The van der Waals surface area contributed by atoms with Crippen molar-refractivity contribution >= 4 is 11.8 Å². The summed E-state index contributed by atoms with van der Waals surface area (Å²) in [5.41, 5.74) is 0.892. The minimum Gasteiger partial charge on any atom is -0.506 e. The van der Waals surface area contributed by atoms with Crippen LogP contribution in [0.1, 0.15) is 32.8 Å². The van der Waals surface area contributed by atoms with E-state index >= 15 is 0 Å². The largest absolute Gasteiger partial charge is 0.506 e. The molecule has 0 bridgehead atoms. The van der Waals surface area contributed by atoms with Crippen LogP contribution in [0.3, 0.4) is 0 Å². The van der Waals surface area contributed by atoms with E-state index in [1.807, 2.05) is 6.07 Å². The second-order valence-electron chi connectivity index (χ2n) is 6.54. The molecule has 0 aromatic heterocycles. The molecule has 1 heterocycles. The second-order valence-corrected chi connectivity index (χ2v) is 6.54. The summed E-state index contributed by atoms with van der Waals surface area (Å²) in [7, 11) is 0. The van der Waals surface area contributed by atoms with E-state index in [0.717, 1.165) is 25.1 Å². The van der Waals surface area contributed by atoms with Gasteiger partial charge >= 0.3 is 6.09 Å². The zero-order valence-corrected chi connectivity index (χ0v) is 12.9. The molecule has 1 atom stereocenters. The van der Waals surface area contributed by atoms with Gasteiger partial charge in [0.1, 0.15) is 11.4 Å². The van der Waals surface area contributed by atoms with Gasteiger partial charge in [-0.3, -0.25) is 5.32 Å². The van der Waals surface area contributed by atoms with Gasteiger partial charge in [-0.15, -0.1) is 0 Å². The van der Waals surface area contributed by atoms with Crippen LogP contribution in [-0.2, 0) is 11.2 Å². The first-order chi connectivity index (χ1) is 9.83. The van der Waals surface area contributed by atoms with Gasteiger partial charge in [0.2, 0.25) is 0 Å². The van der Waals surface area contributed by atoms with E-state index in [0.29, 0.717) is 11.6 Å². The number of nitrogens with one attached hydrogen (secondary N) is 2. The van der Waals surface area contributed by atoms with Gasteiger partial charge < -0.3 is 15.2 Å². The summed E-state index contributed by atoms with van der Waals surface area (Å²) < 4.78 is 5.17. The minimum atomic E-state index is -0.564. The number of carbonyl (C=O) groups excluding carboxylic acids is 1. The van der Waals surface area contributed by atoms with Crippen LogP contribution in [0.25, 0.3) is 0 Å². The van der Waals surface area contributed by atoms with E-state index in [2.05, 4.69) is 10.6 Å². The average molecular weight is 292 g/mol. The lowest BCUT2D eigenvalue weighted by atomic mass is 9.98. The molecule has 5 heteroatoms. The van der Waals surface area contributed by atoms with Crippen molar-refractivity contribution in [2.45, 2.75) is 39.2 Å². The van der Waals surface area contributed by atoms with Crippen molar-refractivity contribution in [2.75, 3.05) is 18.4 Å². The van der Waals surface area contributed by atoms with Gasteiger partial charge in [-0.25, -0.2) is 4.79 Å². The molecule has 0 spiro atoms. The molecule has 21 heavy (non-hydrogen) atoms. The Morgan fingerprint density at radius 1 is 1.48 bits per heavy atom. The zero-order chi connectivity index (χ0) is 15.5. The number of rotatable bonds is 3. The third kappa shape index (κ3) is 4.93. The van der Waals surface area contributed by atoms with Gasteiger partial charge in [-0.05, 0) is 70.3 Å². The molecule has 2 rings (SSSR count). The van der Waals surface area contributed by atoms with Crippen LogP contribution in [0.4, 0.5) is 10.5 Å². The first-order valence-corrected chi connectivity index (χ1v) is 7.36. The summed E-state index contributed by atoms with van der Waals surface area (Å²) in [6.45, 7) is 7.48. The van der Waals surface area contributed by atoms with Crippen LogP contribution in [0.15, 0.2) is 18.2 Å². The zero-order valence-electron chi connectivity index (χ0n) is 12.9. The van der Waals surface area contributed by atoms with E-state index in [-0.39, 0.29) is 5.75 Å². The summed E-state index contributed by atoms with van der Waals surface area (Å²) in [5, 5.41) is 15.9. The normalized spacial score (nSPS) is 18.5. The third-order valence-electron chi connectivity index (χ3n) is 3.38. The summed E-state index contributed by atoms with van der Waals surface area (Å²) in [4.78, 5) is 11.7. The van der Waals surface area contributed by atoms with Crippen molar-refractivity contribution in [1.82, 2.24) is 5.32 Å². The molecule has 1 saturated heterocycles. The summed E-state index contributed by atoms with van der Waals surface area (Å²) in [5.74, 6) is 0.693. The number of hydrogen-bond acceptors (Lipinski definition) is 4. The molecule has 1 aliphatic rings. The smallest absolute Gasteiger partial charge is 0.412 e. The Morgan fingerprint density at radius 2 is 2.24 bits per heavy atom. The Morgan fingerprint density at radius 3 is 2.81 bits per heavy atom. The van der Waals surface area contributed by atoms with Gasteiger partial charge in [0, 0.05) is 0 Å². The quantitative estimate of drug-likeness (QED) is 0.749. The van der Waals surface area contributed by atoms with E-state index in [9.17, 15) is 9.90 Å². The molecule has 0 radical (unpaired) electrons. The number of amides is 1. The minimum absolute atomic E-state index is 0.0734. The molecule has 0 aliphatic carbocycles. The average Bonchev–Trinajstić information content (AvgIpc) is 2.83. The summed E-state index contributed by atoms with van der Waals surface area (Å²) in [6.07, 6.45) is 1.54. The molecule has 116 valence electrons. The maximum Gasteiger partial charge on any atom is 0.412 e. The molecular weight excluding hydrogens is 268 g/mol. The highest BCUT2D eigenvalue weighted by Gasteiger charge is 2.18. The van der Waals surface area contributed by atoms with Crippen molar-refractivity contribution in [1.29, 1.82) is 0 Å². The van der Waals surface area contributed by atoms with Crippen molar-refractivity contribution < 1.29 is 14.6 Å². The van der Waals surface area contributed by atoms with Crippen LogP contribution in [-0.4, -0.2) is 29.9 Å². The third-order valence-corrected chi connectivity index (χ3v) is 3.38. The lowest BCUT2D eigenvalue weighted by Crippen LogP contribution is -2.27. The van der Waals surface area contributed by atoms with E-state index in [1.54, 1.807) is 32.9 Å². The van der Waals surface area contributed by atoms with Crippen molar-refractivity contribution in [3.63, 3.8) is 0 Å². The van der Waals surface area contributed by atoms with Crippen molar-refractivity contribution in [3.05, 3.63) is 23.8 Å². The van der Waals surface area contributed by atoms with E-state index in [1.165, 1.54) is 6.42 Å². The first kappa shape index (κ1) is 15.6. The molecule has 5 nitrogen and oxygen atoms in total. The highest BCUT2D eigenvalue weighted by molar-refractivity contribution is 5.86. The molecule has 1 aromatic rings. The van der Waals surface area contributed by atoms with Gasteiger partial charge in [0.25, 0.3) is 0 Å². The first-order valence-electron chi connectivity index (χ1n) is 7.36. The highest BCUT2D eigenvalue weighted by atomic mass is 16.6. The van der Waals surface area contributed by atoms with Crippen molar-refractivity contribution in [3.8, 4) is 5.75 Å². The topological polar surface area (TPSA) is 70.6 Å². The van der Waals surface area contributed by atoms with Gasteiger partial charge in [0.15, 0.2) is 0 Å². The van der Waals surface area contributed by atoms with Crippen LogP contribution < -0.4 is 10.6 Å². The number of benzene rings is 1. The molecule has 1 aromatic carbocycles. The number of anilines is 1. The van der Waals surface area contributed by atoms with Crippen LogP contribution in [0.2, 0.25) is 0 Å². The van der Waals surface area contributed by atoms with Gasteiger partial charge in [-0.2, -0.15) is 0 Å². The Bertz CT molecular complexity index is 503. The predicted octanol–water partition coefficient (Wildman–Crippen LogP) is 2.89. The van der Waals surface area contributed by atoms with Crippen LogP contribution >= 0.6 is 0 Å². The lowest BCUT2D eigenvalue weighted by molar-refractivity contribution is 0.0635. The van der Waals surface area contributed by atoms with Gasteiger partial charge in [-0.1, -0.05) is 6.07 Å².